The highest BCUT2D eigenvalue weighted by molar-refractivity contribution is 8.00. The Morgan fingerprint density at radius 2 is 0.401 bits per heavy atom. The Kier molecular flexibility index (Phi) is 38.4. The number of ether oxygens (including phenoxy) is 8. The minimum atomic E-state index is -3.93. The lowest BCUT2D eigenvalue weighted by molar-refractivity contribution is -0.167. The highest BCUT2D eigenvalue weighted by Gasteiger charge is 2.45. The second kappa shape index (κ2) is 50.3. The maximum atomic E-state index is 15.4. The van der Waals surface area contributed by atoms with E-state index < -0.39 is 106 Å². The van der Waals surface area contributed by atoms with Crippen molar-refractivity contribution in [2.75, 3.05) is 98.9 Å². The minimum Gasteiger partial charge on any atom is -0.493 e. The third-order valence-corrected chi connectivity index (χ3v) is 38.0. The first kappa shape index (κ1) is 105. The highest BCUT2D eigenvalue weighted by Crippen LogP contribution is 2.54. The lowest BCUT2D eigenvalue weighted by atomic mass is 9.92. The number of hydrogen-bond donors (Lipinski definition) is 0. The van der Waals surface area contributed by atoms with E-state index in [-0.39, 0.29) is 94.7 Å². The van der Waals surface area contributed by atoms with Gasteiger partial charge in [0, 0.05) is 42.4 Å². The minimum absolute atomic E-state index is 0.104. The van der Waals surface area contributed by atoms with Crippen molar-refractivity contribution in [3.05, 3.63) is 358 Å². The first-order valence-corrected chi connectivity index (χ1v) is 56.5. The van der Waals surface area contributed by atoms with Crippen molar-refractivity contribution in [3.63, 3.8) is 0 Å². The Labute approximate surface area is 818 Å². The van der Waals surface area contributed by atoms with Crippen molar-refractivity contribution in [2.45, 2.75) is 81.1 Å². The molecule has 0 aliphatic heterocycles. The Hall–Kier alpha value is -11.3. The van der Waals surface area contributed by atoms with E-state index in [1.807, 2.05) is 52.0 Å². The van der Waals surface area contributed by atoms with Gasteiger partial charge >= 0.3 is 23.9 Å². The number of hydrogen-bond acceptors (Lipinski definition) is 24. The fraction of sp³-hybridized carbons (Fsp3) is 0.266. The van der Waals surface area contributed by atoms with Gasteiger partial charge in [-0.05, 0) is 173 Å². The van der Waals surface area contributed by atoms with Crippen LogP contribution in [0, 0.1) is 60.8 Å². The quantitative estimate of drug-likeness (QED) is 0.0148. The summed E-state index contributed by atoms with van der Waals surface area (Å²) >= 11 is 4.91. The second-order valence-electron chi connectivity index (χ2n) is 33.3. The molecule has 0 unspecified atom stereocenters. The number of esters is 4. The van der Waals surface area contributed by atoms with Crippen molar-refractivity contribution in [1.29, 1.82) is 0 Å². The predicted molar refractivity (Wildman–Crippen MR) is 556 cm³/mol. The van der Waals surface area contributed by atoms with Gasteiger partial charge in [-0.25, -0.2) is 0 Å². The molecule has 0 saturated heterocycles. The monoisotopic (exact) mass is 1990 g/mol. The molecule has 0 spiro atoms. The van der Waals surface area contributed by atoms with E-state index in [4.69, 9.17) is 37.9 Å². The van der Waals surface area contributed by atoms with Gasteiger partial charge < -0.3 is 56.2 Å². The largest absolute Gasteiger partial charge is 0.493 e. The summed E-state index contributed by atoms with van der Waals surface area (Å²) in [5, 5.41) is 3.05. The van der Waals surface area contributed by atoms with E-state index in [1.54, 1.807) is 295 Å². The van der Waals surface area contributed by atoms with Gasteiger partial charge in [0.2, 0.25) is 50.7 Å². The Morgan fingerprint density at radius 3 is 0.562 bits per heavy atom. The van der Waals surface area contributed by atoms with Crippen LogP contribution < -0.4 is 61.4 Å². The van der Waals surface area contributed by atoms with Crippen molar-refractivity contribution in [1.82, 2.24) is 0 Å². The molecular formula is C109H112O20P4S4. The smallest absolute Gasteiger partial charge is 0.315 e. The maximum Gasteiger partial charge on any atom is 0.315 e. The summed E-state index contributed by atoms with van der Waals surface area (Å²) < 4.78 is 111. The lowest BCUT2D eigenvalue weighted by Crippen LogP contribution is -2.44. The molecule has 20 nitrogen and oxygen atoms in total. The molecule has 12 aromatic rings. The molecule has 28 heteroatoms. The standard InChI is InChI=1S/C109H112O20P4S4/c1-77-61-81(5)101(105(114)130(118,85-37-17-9-18-38-85)86-39-19-10-20-40-86)93(65-77)122-53-33-57-134-69-97(110)126-73-109(74-127-98(111)70-135-58-34-54-123-94-66-78(2)62-82(6)102(94)106(115)131(119,87-41-21-11-22-42-87)88-43-23-12-24-44-88,75-128-99(112)71-136-59-35-55-124-95-67-79(3)63-83(7)103(95)107(116)132(120,89-45-25-13-26-46-89)90-47-27-14-28-48-90)76-129-100(113)72-137-60-36-56-125-96-68-80(4)64-84(8)104(96)108(117)133(121,91-49-29-15-30-50-91)92-51-31-16-32-52-92/h9-32,37-52,61-68H,33-36,53-60,69-76H2,1-8H3. The molecule has 0 fully saturated rings. The number of benzene rings is 12. The number of aryl methyl sites for hydroxylation is 8. The number of carbonyl (C=O) groups is 8. The lowest BCUT2D eigenvalue weighted by Gasteiger charge is -2.31. The molecule has 0 aromatic heterocycles. The van der Waals surface area contributed by atoms with E-state index in [0.717, 1.165) is 22.3 Å². The van der Waals surface area contributed by atoms with Crippen LogP contribution in [-0.2, 0) is 56.4 Å². The summed E-state index contributed by atoms with van der Waals surface area (Å²) in [7, 11) is -15.7. The third-order valence-electron chi connectivity index (χ3n) is 22.5. The first-order chi connectivity index (χ1) is 66.1. The molecule has 0 atom stereocenters. The fourth-order valence-corrected chi connectivity index (χ4v) is 29.0. The van der Waals surface area contributed by atoms with E-state index in [0.29, 0.717) is 113 Å². The van der Waals surface area contributed by atoms with Crippen molar-refractivity contribution < 1.29 is 94.5 Å². The zero-order chi connectivity index (χ0) is 97.5. The highest BCUT2D eigenvalue weighted by atomic mass is 32.2. The first-order valence-electron chi connectivity index (χ1n) is 45.0. The molecule has 0 amide bonds. The Balaban J connectivity index is 0.736. The Bertz CT molecular complexity index is 5470. The molecule has 0 saturated carbocycles. The van der Waals surface area contributed by atoms with E-state index in [9.17, 15) is 38.4 Å². The van der Waals surface area contributed by atoms with Crippen LogP contribution in [0.4, 0.5) is 0 Å². The van der Waals surface area contributed by atoms with Crippen LogP contribution in [-0.4, -0.2) is 145 Å². The normalized spacial score (nSPS) is 11.7. The molecule has 0 bridgehead atoms. The SMILES string of the molecule is Cc1cc(C)c(C(=O)P(=O)(c2ccccc2)c2ccccc2)c(OCCCSCC(=O)OCC(COC(=O)CSCCCOc2cc(C)cc(C)c2C(=O)P(=O)(c2ccccc2)c2ccccc2)(COC(=O)CSCCCOc2cc(C)cc(C)c2C(=O)P(=O)(c2ccccc2)c2ccccc2)COC(=O)CSCCCOc2cc(C)cc(C)c2C(=O)P(=O)(c2ccccc2)c2ccccc2)c1. The number of rotatable bonds is 52. The maximum absolute atomic E-state index is 15.4. The molecule has 0 aliphatic rings. The van der Waals surface area contributed by atoms with Crippen LogP contribution >= 0.6 is 75.6 Å². The second-order valence-corrected chi connectivity index (χ2v) is 48.4. The third kappa shape index (κ3) is 26.8. The van der Waals surface area contributed by atoms with Gasteiger partial charge in [0.15, 0.2) is 0 Å². The summed E-state index contributed by atoms with van der Waals surface area (Å²) in [5.41, 5.74) is 2.41. The van der Waals surface area contributed by atoms with Gasteiger partial charge in [-0.3, -0.25) is 38.4 Å². The molecule has 0 N–H and O–H groups in total. The zero-order valence-electron chi connectivity index (χ0n) is 77.9. The molecule has 712 valence electrons. The predicted octanol–water partition coefficient (Wildman–Crippen LogP) is 20.0. The van der Waals surface area contributed by atoms with E-state index >= 15 is 18.3 Å². The molecule has 12 rings (SSSR count). The van der Waals surface area contributed by atoms with Crippen LogP contribution in [0.25, 0.3) is 0 Å². The van der Waals surface area contributed by atoms with Crippen molar-refractivity contribution in [2.24, 2.45) is 5.41 Å². The molecule has 0 radical (unpaired) electrons. The van der Waals surface area contributed by atoms with Crippen LogP contribution in [0.5, 0.6) is 23.0 Å². The summed E-state index contributed by atoms with van der Waals surface area (Å²) in [6, 6.07) is 83.7. The number of thioether (sulfide) groups is 4. The molecule has 0 aliphatic carbocycles. The topological polar surface area (TPSA) is 279 Å². The summed E-state index contributed by atoms with van der Waals surface area (Å²) in [6.45, 7) is 12.7. The van der Waals surface area contributed by atoms with Crippen LogP contribution in [0.3, 0.4) is 0 Å². The molecule has 12 aromatic carbocycles. The van der Waals surface area contributed by atoms with Gasteiger partial charge in [-0.15, -0.1) is 0 Å². The van der Waals surface area contributed by atoms with Gasteiger partial charge in [-0.2, -0.15) is 47.0 Å². The van der Waals surface area contributed by atoms with Gasteiger partial charge in [-0.1, -0.05) is 267 Å². The average molecular weight is 1990 g/mol. The van der Waals surface area contributed by atoms with Crippen LogP contribution in [0.1, 0.15) is 112 Å². The van der Waals surface area contributed by atoms with E-state index in [2.05, 4.69) is 0 Å². The van der Waals surface area contributed by atoms with Crippen molar-refractivity contribution >= 4 is 164 Å². The number of carbonyl (C=O) groups excluding carboxylic acids is 8. The summed E-state index contributed by atoms with van der Waals surface area (Å²) in [4.78, 5) is 117. The zero-order valence-corrected chi connectivity index (χ0v) is 84.8. The van der Waals surface area contributed by atoms with Crippen LogP contribution in [0.15, 0.2) is 291 Å². The van der Waals surface area contributed by atoms with Crippen LogP contribution in [0.2, 0.25) is 0 Å². The molecular weight excluding hydrogens is 1880 g/mol. The Morgan fingerprint density at radius 1 is 0.241 bits per heavy atom. The van der Waals surface area contributed by atoms with E-state index in [1.165, 1.54) is 47.0 Å². The van der Waals surface area contributed by atoms with Gasteiger partial charge in [0.05, 0.1) is 71.7 Å². The fourth-order valence-electron chi connectivity index (χ4n) is 15.9. The molecule has 137 heavy (non-hydrogen) atoms. The average Bonchev–Trinajstić information content (AvgIpc) is 0.766. The molecule has 0 heterocycles. The summed E-state index contributed by atoms with van der Waals surface area (Å²) in [6.07, 6.45) is 1.54. The van der Waals surface area contributed by atoms with Gasteiger partial charge in [0.1, 0.15) is 54.8 Å². The summed E-state index contributed by atoms with van der Waals surface area (Å²) in [5.74, 6) is -1.13. The van der Waals surface area contributed by atoms with Gasteiger partial charge in [0.25, 0.3) is 0 Å². The van der Waals surface area contributed by atoms with Crippen molar-refractivity contribution in [3.8, 4) is 23.0 Å².